The molecule has 118 valence electrons. The van der Waals surface area contributed by atoms with Crippen molar-refractivity contribution in [2.75, 3.05) is 39.9 Å². The molecule has 7 nitrogen and oxygen atoms in total. The Balaban J connectivity index is 2.48. The van der Waals surface area contributed by atoms with Crippen molar-refractivity contribution in [3.63, 3.8) is 0 Å². The Hall–Kier alpha value is -1.81. The fraction of sp³-hybridized carbons (Fsp3) is 0.786. The van der Waals surface area contributed by atoms with Gasteiger partial charge in [0.15, 0.2) is 0 Å². The number of hydrogen-bond donors (Lipinski definition) is 1. The molecule has 0 aliphatic carbocycles. The Morgan fingerprint density at radius 1 is 1.38 bits per heavy atom. The Morgan fingerprint density at radius 2 is 2.05 bits per heavy atom. The molecule has 2 amide bonds. The minimum absolute atomic E-state index is 0.0870. The predicted molar refractivity (Wildman–Crippen MR) is 75.6 cm³/mol. The maximum Gasteiger partial charge on any atom is 0.320 e. The van der Waals surface area contributed by atoms with E-state index in [-0.39, 0.29) is 18.4 Å². The second-order valence-corrected chi connectivity index (χ2v) is 5.20. The molecule has 1 rings (SSSR count). The largest absolute Gasteiger partial charge is 0.481 e. The normalized spacial score (nSPS) is 15.5. The van der Waals surface area contributed by atoms with Crippen molar-refractivity contribution in [2.45, 2.75) is 25.7 Å². The molecule has 1 saturated heterocycles. The molecule has 1 N–H and O–H groups in total. The van der Waals surface area contributed by atoms with Crippen LogP contribution in [0.1, 0.15) is 25.7 Å². The lowest BCUT2D eigenvalue weighted by molar-refractivity contribution is -0.138. The summed E-state index contributed by atoms with van der Waals surface area (Å²) in [6, 6.07) is 1.96. The van der Waals surface area contributed by atoms with Crippen LogP contribution in [0.2, 0.25) is 0 Å². The SMILES string of the molecule is COCCN(CCC#N)C(=O)N1CCC(CC(=O)O)CC1. The lowest BCUT2D eigenvalue weighted by Gasteiger charge is -2.35. The molecule has 0 atom stereocenters. The molecular weight excluding hydrogens is 274 g/mol. The number of methoxy groups -OCH3 is 1. The number of piperidine rings is 1. The first-order valence-electron chi connectivity index (χ1n) is 7.20. The zero-order valence-electron chi connectivity index (χ0n) is 12.5. The van der Waals surface area contributed by atoms with Gasteiger partial charge in [0.05, 0.1) is 19.1 Å². The number of urea groups is 1. The van der Waals surface area contributed by atoms with Crippen LogP contribution in [0, 0.1) is 17.2 Å². The maximum absolute atomic E-state index is 12.4. The van der Waals surface area contributed by atoms with Gasteiger partial charge in [-0.2, -0.15) is 5.26 Å². The lowest BCUT2D eigenvalue weighted by Crippen LogP contribution is -2.48. The molecule has 7 heteroatoms. The number of nitrogens with zero attached hydrogens (tertiary/aromatic N) is 3. The first kappa shape index (κ1) is 17.2. The summed E-state index contributed by atoms with van der Waals surface area (Å²) < 4.78 is 4.99. The van der Waals surface area contributed by atoms with Gasteiger partial charge in [-0.25, -0.2) is 4.79 Å². The molecule has 0 saturated carbocycles. The molecule has 1 aliphatic heterocycles. The van der Waals surface area contributed by atoms with Gasteiger partial charge in [0, 0.05) is 39.7 Å². The van der Waals surface area contributed by atoms with Gasteiger partial charge >= 0.3 is 12.0 Å². The van der Waals surface area contributed by atoms with Gasteiger partial charge in [-0.3, -0.25) is 4.79 Å². The number of carbonyl (C=O) groups is 2. The number of nitriles is 1. The Kier molecular flexibility index (Phi) is 7.54. The number of carbonyl (C=O) groups excluding carboxylic acids is 1. The summed E-state index contributed by atoms with van der Waals surface area (Å²) in [4.78, 5) is 26.5. The molecule has 0 aromatic carbocycles. The molecule has 21 heavy (non-hydrogen) atoms. The van der Waals surface area contributed by atoms with Gasteiger partial charge < -0.3 is 19.6 Å². The highest BCUT2D eigenvalue weighted by Gasteiger charge is 2.27. The highest BCUT2D eigenvalue weighted by atomic mass is 16.5. The summed E-state index contributed by atoms with van der Waals surface area (Å²) in [5.41, 5.74) is 0. The van der Waals surface area contributed by atoms with Gasteiger partial charge in [-0.05, 0) is 18.8 Å². The van der Waals surface area contributed by atoms with Crippen LogP contribution in [-0.2, 0) is 9.53 Å². The Labute approximate surface area is 125 Å². The van der Waals surface area contributed by atoms with Crippen molar-refractivity contribution in [3.8, 4) is 6.07 Å². The summed E-state index contributed by atoms with van der Waals surface area (Å²) in [6.45, 7) is 2.45. The fourth-order valence-corrected chi connectivity index (χ4v) is 2.46. The van der Waals surface area contributed by atoms with Gasteiger partial charge in [-0.1, -0.05) is 0 Å². The number of carboxylic acids is 1. The molecule has 0 bridgehead atoms. The maximum atomic E-state index is 12.4. The van der Waals surface area contributed by atoms with Gasteiger partial charge in [0.2, 0.25) is 0 Å². The summed E-state index contributed by atoms with van der Waals surface area (Å²) >= 11 is 0. The third-order valence-electron chi connectivity index (χ3n) is 3.68. The van der Waals surface area contributed by atoms with Gasteiger partial charge in [0.1, 0.15) is 0 Å². The molecule has 0 aromatic rings. The van der Waals surface area contributed by atoms with Crippen LogP contribution in [0.15, 0.2) is 0 Å². The van der Waals surface area contributed by atoms with Crippen molar-refractivity contribution in [1.29, 1.82) is 5.26 Å². The number of aliphatic carboxylic acids is 1. The van der Waals surface area contributed by atoms with E-state index in [1.165, 1.54) is 0 Å². The van der Waals surface area contributed by atoms with E-state index in [4.69, 9.17) is 15.1 Å². The van der Waals surface area contributed by atoms with E-state index in [0.717, 1.165) is 0 Å². The average molecular weight is 297 g/mol. The summed E-state index contributed by atoms with van der Waals surface area (Å²) in [7, 11) is 1.57. The number of ether oxygens (including phenoxy) is 1. The second-order valence-electron chi connectivity index (χ2n) is 5.20. The van der Waals surface area contributed by atoms with Crippen LogP contribution in [0.3, 0.4) is 0 Å². The third-order valence-corrected chi connectivity index (χ3v) is 3.68. The molecular formula is C14H23N3O4. The number of rotatable bonds is 7. The van der Waals surface area contributed by atoms with E-state index in [1.54, 1.807) is 16.9 Å². The number of carboxylic acid groups (broad SMARTS) is 1. The quantitative estimate of drug-likeness (QED) is 0.761. The van der Waals surface area contributed by atoms with E-state index in [1.807, 2.05) is 6.07 Å². The molecule has 1 heterocycles. The van der Waals surface area contributed by atoms with Crippen molar-refractivity contribution < 1.29 is 19.4 Å². The summed E-state index contributed by atoms with van der Waals surface area (Å²) in [5, 5.41) is 17.5. The third kappa shape index (κ3) is 6.00. The van der Waals surface area contributed by atoms with Gasteiger partial charge in [-0.15, -0.1) is 0 Å². The Bertz CT molecular complexity index is 386. The summed E-state index contributed by atoms with van der Waals surface area (Å²) in [5.74, 6) is -0.631. The monoisotopic (exact) mass is 297 g/mol. The first-order valence-corrected chi connectivity index (χ1v) is 7.20. The van der Waals surface area contributed by atoms with Crippen molar-refractivity contribution in [2.24, 2.45) is 5.92 Å². The fourth-order valence-electron chi connectivity index (χ4n) is 2.46. The minimum atomic E-state index is -0.782. The minimum Gasteiger partial charge on any atom is -0.481 e. The van der Waals surface area contributed by atoms with Crippen LogP contribution in [0.25, 0.3) is 0 Å². The number of amides is 2. The van der Waals surface area contributed by atoms with Crippen LogP contribution in [0.4, 0.5) is 4.79 Å². The van der Waals surface area contributed by atoms with E-state index >= 15 is 0 Å². The molecule has 1 fully saturated rings. The lowest BCUT2D eigenvalue weighted by atomic mass is 9.94. The smallest absolute Gasteiger partial charge is 0.320 e. The average Bonchev–Trinajstić information content (AvgIpc) is 2.47. The molecule has 0 aromatic heterocycles. The molecule has 0 radical (unpaired) electrons. The topological polar surface area (TPSA) is 93.9 Å². The van der Waals surface area contributed by atoms with Crippen LogP contribution >= 0.6 is 0 Å². The van der Waals surface area contributed by atoms with Crippen LogP contribution < -0.4 is 0 Å². The zero-order valence-corrected chi connectivity index (χ0v) is 12.5. The highest BCUT2D eigenvalue weighted by Crippen LogP contribution is 2.21. The second kappa shape index (κ2) is 9.19. The van der Waals surface area contributed by atoms with Crippen molar-refractivity contribution in [1.82, 2.24) is 9.80 Å². The Morgan fingerprint density at radius 3 is 2.57 bits per heavy atom. The van der Waals surface area contributed by atoms with Crippen molar-refractivity contribution >= 4 is 12.0 Å². The van der Waals surface area contributed by atoms with Crippen LogP contribution in [0.5, 0.6) is 0 Å². The summed E-state index contributed by atoms with van der Waals surface area (Å²) in [6.07, 6.45) is 1.90. The van der Waals surface area contributed by atoms with Crippen molar-refractivity contribution in [3.05, 3.63) is 0 Å². The number of hydrogen-bond acceptors (Lipinski definition) is 4. The predicted octanol–water partition coefficient (Wildman–Crippen LogP) is 1.16. The number of likely N-dealkylation sites (tertiary alicyclic amines) is 1. The van der Waals surface area contributed by atoms with E-state index < -0.39 is 5.97 Å². The van der Waals surface area contributed by atoms with Crippen LogP contribution in [-0.4, -0.2) is 66.8 Å². The molecule has 0 unspecified atom stereocenters. The highest BCUT2D eigenvalue weighted by molar-refractivity contribution is 5.74. The van der Waals surface area contributed by atoms with Gasteiger partial charge in [0.25, 0.3) is 0 Å². The molecule has 1 aliphatic rings. The standard InChI is InChI=1S/C14H23N3O4/c1-21-10-9-16(6-2-5-15)14(20)17-7-3-12(4-8-17)11-13(18)19/h12H,2-4,6-11H2,1H3,(H,18,19). The van der Waals surface area contributed by atoms with E-state index in [0.29, 0.717) is 52.0 Å². The van der Waals surface area contributed by atoms with E-state index in [9.17, 15) is 9.59 Å². The molecule has 0 spiro atoms. The van der Waals surface area contributed by atoms with E-state index in [2.05, 4.69) is 0 Å². The first-order chi connectivity index (χ1) is 10.1. The zero-order chi connectivity index (χ0) is 15.7.